The van der Waals surface area contributed by atoms with E-state index in [-0.39, 0.29) is 16.9 Å². The smallest absolute Gasteiger partial charge is 0.338 e. The predicted octanol–water partition coefficient (Wildman–Crippen LogP) is 1.74. The number of thiophene rings is 1. The van der Waals surface area contributed by atoms with E-state index in [0.717, 1.165) is 11.3 Å². The number of benzene rings is 1. The minimum atomic E-state index is -1.07. The Balaban J connectivity index is 1.99. The molecule has 23 heavy (non-hydrogen) atoms. The highest BCUT2D eigenvalue weighted by molar-refractivity contribution is 7.14. The second-order valence-electron chi connectivity index (χ2n) is 4.61. The standard InChI is InChI=1S/C15H14N2O5S/c1-8(22-15(21)9-2-4-10(18)5-3-9)13(20)17-14-11(12(16)19)6-7-23-14/h2-8,18H,1H3,(H2,16,19)(H,17,20). The third kappa shape index (κ3) is 4.07. The Hall–Kier alpha value is -2.87. The van der Waals surface area contributed by atoms with Crippen LogP contribution in [0.25, 0.3) is 0 Å². The van der Waals surface area contributed by atoms with Crippen LogP contribution in [0.15, 0.2) is 35.7 Å². The van der Waals surface area contributed by atoms with Gasteiger partial charge in [0.2, 0.25) is 0 Å². The summed E-state index contributed by atoms with van der Waals surface area (Å²) < 4.78 is 5.04. The summed E-state index contributed by atoms with van der Waals surface area (Å²) in [6.07, 6.45) is -1.07. The molecule has 0 radical (unpaired) electrons. The minimum Gasteiger partial charge on any atom is -0.508 e. The van der Waals surface area contributed by atoms with Gasteiger partial charge >= 0.3 is 5.97 Å². The van der Waals surface area contributed by atoms with Gasteiger partial charge in [-0.2, -0.15) is 0 Å². The molecule has 8 heteroatoms. The SMILES string of the molecule is CC(OC(=O)c1ccc(O)cc1)C(=O)Nc1sccc1C(N)=O. The molecule has 0 saturated heterocycles. The maximum absolute atomic E-state index is 12.0. The quantitative estimate of drug-likeness (QED) is 0.720. The van der Waals surface area contributed by atoms with Crippen molar-refractivity contribution in [3.8, 4) is 5.75 Å². The van der Waals surface area contributed by atoms with E-state index in [1.165, 1.54) is 37.3 Å². The van der Waals surface area contributed by atoms with Crippen LogP contribution in [-0.2, 0) is 9.53 Å². The number of carbonyl (C=O) groups excluding carboxylic acids is 3. The van der Waals surface area contributed by atoms with Gasteiger partial charge in [0.15, 0.2) is 6.10 Å². The largest absolute Gasteiger partial charge is 0.508 e. The first-order chi connectivity index (χ1) is 10.9. The Labute approximate surface area is 135 Å². The van der Waals surface area contributed by atoms with Gasteiger partial charge in [0.25, 0.3) is 11.8 Å². The van der Waals surface area contributed by atoms with Gasteiger partial charge in [-0.15, -0.1) is 11.3 Å². The fourth-order valence-electron chi connectivity index (χ4n) is 1.69. The number of nitrogens with two attached hydrogens (primary N) is 1. The maximum Gasteiger partial charge on any atom is 0.338 e. The zero-order valence-electron chi connectivity index (χ0n) is 12.1. The van der Waals surface area contributed by atoms with Crippen molar-refractivity contribution < 1.29 is 24.2 Å². The molecule has 0 aliphatic heterocycles. The second-order valence-corrected chi connectivity index (χ2v) is 5.53. The molecule has 0 aliphatic rings. The highest BCUT2D eigenvalue weighted by atomic mass is 32.1. The van der Waals surface area contributed by atoms with Crippen molar-refractivity contribution in [2.75, 3.05) is 5.32 Å². The number of carbonyl (C=O) groups is 3. The van der Waals surface area contributed by atoms with E-state index in [9.17, 15) is 19.5 Å². The molecule has 1 unspecified atom stereocenters. The summed E-state index contributed by atoms with van der Waals surface area (Å²) in [5.41, 5.74) is 5.59. The van der Waals surface area contributed by atoms with Gasteiger partial charge in [-0.05, 0) is 42.6 Å². The molecule has 0 saturated carbocycles. The molecule has 7 nitrogen and oxygen atoms in total. The molecule has 0 aliphatic carbocycles. The summed E-state index contributed by atoms with van der Waals surface area (Å²) >= 11 is 1.14. The van der Waals surface area contributed by atoms with E-state index in [1.807, 2.05) is 0 Å². The van der Waals surface area contributed by atoms with Crippen molar-refractivity contribution in [1.82, 2.24) is 0 Å². The lowest BCUT2D eigenvalue weighted by Gasteiger charge is -2.13. The van der Waals surface area contributed by atoms with Crippen molar-refractivity contribution >= 4 is 34.1 Å². The first-order valence-corrected chi connectivity index (χ1v) is 7.44. The monoisotopic (exact) mass is 334 g/mol. The number of anilines is 1. The molecular weight excluding hydrogens is 320 g/mol. The Morgan fingerprint density at radius 1 is 1.22 bits per heavy atom. The lowest BCUT2D eigenvalue weighted by molar-refractivity contribution is -0.123. The van der Waals surface area contributed by atoms with Gasteiger partial charge in [-0.3, -0.25) is 9.59 Å². The van der Waals surface area contributed by atoms with Crippen LogP contribution in [-0.4, -0.2) is 29.0 Å². The Morgan fingerprint density at radius 3 is 2.48 bits per heavy atom. The van der Waals surface area contributed by atoms with Gasteiger partial charge < -0.3 is 20.9 Å². The van der Waals surface area contributed by atoms with Crippen LogP contribution < -0.4 is 11.1 Å². The Kier molecular flexibility index (Phi) is 4.97. The summed E-state index contributed by atoms with van der Waals surface area (Å²) in [7, 11) is 0. The van der Waals surface area contributed by atoms with Crippen LogP contribution in [0.1, 0.15) is 27.6 Å². The van der Waals surface area contributed by atoms with E-state index in [1.54, 1.807) is 5.38 Å². The zero-order chi connectivity index (χ0) is 17.0. The zero-order valence-corrected chi connectivity index (χ0v) is 12.9. The van der Waals surface area contributed by atoms with Crippen molar-refractivity contribution in [1.29, 1.82) is 0 Å². The van der Waals surface area contributed by atoms with E-state index in [0.29, 0.717) is 5.00 Å². The summed E-state index contributed by atoms with van der Waals surface area (Å²) in [6, 6.07) is 6.94. The maximum atomic E-state index is 12.0. The van der Waals surface area contributed by atoms with Gasteiger partial charge in [-0.1, -0.05) is 0 Å². The predicted molar refractivity (Wildman–Crippen MR) is 84.5 cm³/mol. The summed E-state index contributed by atoms with van der Waals surface area (Å²) in [5.74, 6) is -1.92. The first-order valence-electron chi connectivity index (χ1n) is 6.56. The molecule has 1 atom stereocenters. The highest BCUT2D eigenvalue weighted by Gasteiger charge is 2.21. The number of hydrogen-bond donors (Lipinski definition) is 3. The normalized spacial score (nSPS) is 11.5. The lowest BCUT2D eigenvalue weighted by atomic mass is 10.2. The van der Waals surface area contributed by atoms with Crippen LogP contribution in [0.4, 0.5) is 5.00 Å². The molecular formula is C15H14N2O5S. The van der Waals surface area contributed by atoms with E-state index < -0.39 is 23.9 Å². The fourth-order valence-corrected chi connectivity index (χ4v) is 2.49. The number of ether oxygens (including phenoxy) is 1. The first kappa shape index (κ1) is 16.5. The molecule has 2 aromatic rings. The van der Waals surface area contributed by atoms with Crippen LogP contribution in [0.5, 0.6) is 5.75 Å². The number of aromatic hydroxyl groups is 1. The number of rotatable bonds is 5. The number of nitrogens with one attached hydrogen (secondary N) is 1. The van der Waals surface area contributed by atoms with Gasteiger partial charge in [0.1, 0.15) is 10.8 Å². The number of phenols is 1. The topological polar surface area (TPSA) is 119 Å². The third-order valence-electron chi connectivity index (χ3n) is 2.92. The number of phenolic OH excluding ortho intramolecular Hbond substituents is 1. The minimum absolute atomic E-state index is 0.0176. The van der Waals surface area contributed by atoms with E-state index in [2.05, 4.69) is 5.32 Å². The Morgan fingerprint density at radius 2 is 1.87 bits per heavy atom. The average Bonchev–Trinajstić information content (AvgIpc) is 2.96. The van der Waals surface area contributed by atoms with Gasteiger partial charge in [-0.25, -0.2) is 4.79 Å². The van der Waals surface area contributed by atoms with Crippen LogP contribution in [0.3, 0.4) is 0 Å². The van der Waals surface area contributed by atoms with Gasteiger partial charge in [0, 0.05) is 0 Å². The number of hydrogen-bond acceptors (Lipinski definition) is 6. The molecule has 4 N–H and O–H groups in total. The van der Waals surface area contributed by atoms with Crippen molar-refractivity contribution in [2.45, 2.75) is 13.0 Å². The number of amides is 2. The molecule has 0 bridgehead atoms. The molecule has 2 amide bonds. The van der Waals surface area contributed by atoms with Crippen molar-refractivity contribution in [3.05, 3.63) is 46.8 Å². The van der Waals surface area contributed by atoms with Crippen molar-refractivity contribution in [3.63, 3.8) is 0 Å². The molecule has 1 aromatic carbocycles. The second kappa shape index (κ2) is 6.93. The van der Waals surface area contributed by atoms with Gasteiger partial charge in [0.05, 0.1) is 11.1 Å². The number of esters is 1. The summed E-state index contributed by atoms with van der Waals surface area (Å²) in [6.45, 7) is 1.41. The Bertz CT molecular complexity index is 739. The average molecular weight is 334 g/mol. The van der Waals surface area contributed by atoms with E-state index >= 15 is 0 Å². The number of primary amides is 1. The van der Waals surface area contributed by atoms with Crippen molar-refractivity contribution in [2.24, 2.45) is 5.73 Å². The van der Waals surface area contributed by atoms with Crippen LogP contribution >= 0.6 is 11.3 Å². The molecule has 2 rings (SSSR count). The van der Waals surface area contributed by atoms with Crippen LogP contribution in [0, 0.1) is 0 Å². The van der Waals surface area contributed by atoms with E-state index in [4.69, 9.17) is 10.5 Å². The van der Waals surface area contributed by atoms with Crippen LogP contribution in [0.2, 0.25) is 0 Å². The third-order valence-corrected chi connectivity index (χ3v) is 3.75. The molecule has 1 heterocycles. The lowest BCUT2D eigenvalue weighted by Crippen LogP contribution is -2.30. The molecule has 120 valence electrons. The summed E-state index contributed by atoms with van der Waals surface area (Å²) in [4.78, 5) is 35.1. The highest BCUT2D eigenvalue weighted by Crippen LogP contribution is 2.23. The molecule has 1 aromatic heterocycles. The fraction of sp³-hybridized carbons (Fsp3) is 0.133. The molecule has 0 spiro atoms. The molecule has 0 fully saturated rings. The summed E-state index contributed by atoms with van der Waals surface area (Å²) in [5, 5.41) is 13.6.